The Labute approximate surface area is 175 Å². The van der Waals surface area contributed by atoms with Crippen LogP contribution in [0.15, 0.2) is 23.8 Å². The van der Waals surface area contributed by atoms with Gasteiger partial charge < -0.3 is 9.88 Å². The lowest BCUT2D eigenvalue weighted by Crippen LogP contribution is -2.35. The van der Waals surface area contributed by atoms with Gasteiger partial charge in [-0.05, 0) is 55.6 Å². The molecule has 3 aromatic heterocycles. The van der Waals surface area contributed by atoms with Crippen molar-refractivity contribution in [2.75, 3.05) is 13.1 Å². The second-order valence-corrected chi connectivity index (χ2v) is 9.57. The smallest absolute Gasteiger partial charge is 0.282 e. The van der Waals surface area contributed by atoms with Crippen LogP contribution < -0.4 is 0 Å². The Kier molecular flexibility index (Phi) is 5.12. The van der Waals surface area contributed by atoms with E-state index in [4.69, 9.17) is 4.98 Å². The second kappa shape index (κ2) is 7.90. The molecule has 0 bridgehead atoms. The number of hydrogen-bond acceptors (Lipinski definition) is 4. The number of nitrogens with one attached hydrogen (secondary N) is 1. The van der Waals surface area contributed by atoms with Crippen LogP contribution in [0.5, 0.6) is 0 Å². The highest BCUT2D eigenvalue weighted by molar-refractivity contribution is 7.12. The molecule has 3 aromatic rings. The third-order valence-corrected chi connectivity index (χ3v) is 7.48. The Balaban J connectivity index is 1.42. The fraction of sp³-hybridized carbons (Fsp3) is 0.522. The van der Waals surface area contributed by atoms with Gasteiger partial charge in [0, 0.05) is 41.8 Å². The summed E-state index contributed by atoms with van der Waals surface area (Å²) in [6.07, 6.45) is 12.5. The minimum absolute atomic E-state index is 0.0796. The van der Waals surface area contributed by atoms with Crippen molar-refractivity contribution in [3.8, 4) is 11.3 Å². The van der Waals surface area contributed by atoms with Crippen molar-refractivity contribution in [2.45, 2.75) is 57.8 Å². The molecule has 29 heavy (non-hydrogen) atoms. The maximum absolute atomic E-state index is 12.8. The molecule has 0 atom stereocenters. The van der Waals surface area contributed by atoms with Crippen LogP contribution in [0.1, 0.15) is 73.2 Å². The van der Waals surface area contributed by atoms with Crippen LogP contribution in [0.25, 0.3) is 22.3 Å². The molecule has 1 aliphatic carbocycles. The van der Waals surface area contributed by atoms with Crippen LogP contribution in [0.4, 0.5) is 0 Å². The van der Waals surface area contributed by atoms with E-state index in [-0.39, 0.29) is 5.91 Å². The summed E-state index contributed by atoms with van der Waals surface area (Å²) in [6, 6.07) is 2.29. The fourth-order valence-corrected chi connectivity index (χ4v) is 5.56. The lowest BCUT2D eigenvalue weighted by molar-refractivity contribution is 0.0724. The molecule has 1 N–H and O–H groups in total. The minimum atomic E-state index is 0.0796. The first-order valence-electron chi connectivity index (χ1n) is 10.9. The standard InChI is InChI=1S/C23H28N4OS/c1-15-5-7-16(8-6-15)17-11-18-19(13-25-21(18)24-12-17)20-14-29-22(26-20)23(28)27-9-3-2-4-10-27/h11-16H,2-10H2,1H3,(H,24,25). The van der Waals surface area contributed by atoms with E-state index in [1.165, 1.54) is 49.0 Å². The Morgan fingerprint density at radius 2 is 1.97 bits per heavy atom. The second-order valence-electron chi connectivity index (χ2n) is 8.71. The first-order valence-corrected chi connectivity index (χ1v) is 11.8. The third kappa shape index (κ3) is 3.70. The molecule has 0 spiro atoms. The number of carbonyl (C=O) groups is 1. The topological polar surface area (TPSA) is 61.9 Å². The number of piperidine rings is 1. The van der Waals surface area contributed by atoms with Gasteiger partial charge in [-0.2, -0.15) is 0 Å². The van der Waals surface area contributed by atoms with Crippen LogP contribution in [-0.4, -0.2) is 38.8 Å². The first-order chi connectivity index (χ1) is 14.2. The van der Waals surface area contributed by atoms with Gasteiger partial charge in [0.2, 0.25) is 0 Å². The number of nitrogens with zero attached hydrogens (tertiary/aromatic N) is 3. The third-order valence-electron chi connectivity index (χ3n) is 6.65. The summed E-state index contributed by atoms with van der Waals surface area (Å²) in [5.41, 5.74) is 4.15. The number of hydrogen-bond donors (Lipinski definition) is 1. The largest absolute Gasteiger partial charge is 0.345 e. The van der Waals surface area contributed by atoms with Crippen LogP contribution in [0, 0.1) is 5.92 Å². The number of pyridine rings is 1. The molecular weight excluding hydrogens is 380 g/mol. The highest BCUT2D eigenvalue weighted by Gasteiger charge is 2.23. The highest BCUT2D eigenvalue weighted by Crippen LogP contribution is 2.37. The predicted molar refractivity (Wildman–Crippen MR) is 117 cm³/mol. The van der Waals surface area contributed by atoms with Crippen molar-refractivity contribution >= 4 is 28.3 Å². The van der Waals surface area contributed by atoms with Crippen molar-refractivity contribution in [3.05, 3.63) is 34.4 Å². The van der Waals surface area contributed by atoms with Crippen molar-refractivity contribution in [3.63, 3.8) is 0 Å². The lowest BCUT2D eigenvalue weighted by Gasteiger charge is -2.26. The molecule has 1 amide bonds. The lowest BCUT2D eigenvalue weighted by atomic mass is 9.80. The molecule has 2 aliphatic rings. The quantitative estimate of drug-likeness (QED) is 0.613. The van der Waals surface area contributed by atoms with E-state index in [0.29, 0.717) is 10.9 Å². The Bertz CT molecular complexity index is 1010. The van der Waals surface area contributed by atoms with E-state index < -0.39 is 0 Å². The summed E-state index contributed by atoms with van der Waals surface area (Å²) in [7, 11) is 0. The van der Waals surface area contributed by atoms with E-state index >= 15 is 0 Å². The van der Waals surface area contributed by atoms with E-state index in [0.717, 1.165) is 54.1 Å². The van der Waals surface area contributed by atoms with Gasteiger partial charge in [0.05, 0.1) is 5.69 Å². The van der Waals surface area contributed by atoms with Gasteiger partial charge in [0.25, 0.3) is 5.91 Å². The van der Waals surface area contributed by atoms with Crippen LogP contribution in [0.2, 0.25) is 0 Å². The van der Waals surface area contributed by atoms with Crippen molar-refractivity contribution in [2.24, 2.45) is 5.92 Å². The van der Waals surface area contributed by atoms with Crippen molar-refractivity contribution in [1.29, 1.82) is 0 Å². The van der Waals surface area contributed by atoms with Gasteiger partial charge in [-0.1, -0.05) is 19.8 Å². The zero-order chi connectivity index (χ0) is 19.8. The van der Waals surface area contributed by atoms with Crippen LogP contribution >= 0.6 is 11.3 Å². The fourth-order valence-electron chi connectivity index (χ4n) is 4.78. The Morgan fingerprint density at radius 3 is 2.76 bits per heavy atom. The zero-order valence-corrected chi connectivity index (χ0v) is 17.8. The molecule has 1 saturated carbocycles. The van der Waals surface area contributed by atoms with Gasteiger partial charge in [0.15, 0.2) is 5.01 Å². The van der Waals surface area contributed by atoms with Crippen LogP contribution in [0.3, 0.4) is 0 Å². The zero-order valence-electron chi connectivity index (χ0n) is 17.0. The molecule has 2 fully saturated rings. The molecule has 1 aliphatic heterocycles. The SMILES string of the molecule is CC1CCC(c2cnc3[nH]cc(-c4csc(C(=O)N5CCCCC5)n4)c3c2)CC1. The Hall–Kier alpha value is -2.21. The summed E-state index contributed by atoms with van der Waals surface area (Å²) in [4.78, 5) is 27.4. The molecule has 6 heteroatoms. The first kappa shape index (κ1) is 18.8. The van der Waals surface area contributed by atoms with Gasteiger partial charge >= 0.3 is 0 Å². The Morgan fingerprint density at radius 1 is 1.17 bits per heavy atom. The van der Waals surface area contributed by atoms with Gasteiger partial charge in [-0.25, -0.2) is 9.97 Å². The van der Waals surface area contributed by atoms with E-state index in [1.54, 1.807) is 0 Å². The number of likely N-dealkylation sites (tertiary alicyclic amines) is 1. The molecule has 4 heterocycles. The number of aromatic nitrogens is 3. The summed E-state index contributed by atoms with van der Waals surface area (Å²) >= 11 is 1.45. The normalized spacial score (nSPS) is 22.9. The molecule has 1 saturated heterocycles. The molecule has 0 aromatic carbocycles. The van der Waals surface area contributed by atoms with Gasteiger partial charge in [-0.3, -0.25) is 4.79 Å². The molecule has 5 rings (SSSR count). The monoisotopic (exact) mass is 408 g/mol. The molecular formula is C23H28N4OS. The summed E-state index contributed by atoms with van der Waals surface area (Å²) in [5.74, 6) is 1.53. The number of amides is 1. The number of rotatable bonds is 3. The summed E-state index contributed by atoms with van der Waals surface area (Å²) in [5, 5.41) is 3.72. The number of carbonyl (C=O) groups excluding carboxylic acids is 1. The van der Waals surface area contributed by atoms with E-state index in [2.05, 4.69) is 23.0 Å². The van der Waals surface area contributed by atoms with Gasteiger partial charge in [-0.15, -0.1) is 11.3 Å². The summed E-state index contributed by atoms with van der Waals surface area (Å²) in [6.45, 7) is 4.06. The van der Waals surface area contributed by atoms with Crippen molar-refractivity contribution in [1.82, 2.24) is 19.9 Å². The maximum Gasteiger partial charge on any atom is 0.282 e. The molecule has 152 valence electrons. The maximum atomic E-state index is 12.8. The molecule has 0 unspecified atom stereocenters. The predicted octanol–water partition coefficient (Wildman–Crippen LogP) is 5.61. The highest BCUT2D eigenvalue weighted by atomic mass is 32.1. The number of H-pyrrole nitrogens is 1. The van der Waals surface area contributed by atoms with E-state index in [1.807, 2.05) is 22.7 Å². The van der Waals surface area contributed by atoms with Gasteiger partial charge in [0.1, 0.15) is 5.65 Å². The van der Waals surface area contributed by atoms with Crippen LogP contribution in [-0.2, 0) is 0 Å². The minimum Gasteiger partial charge on any atom is -0.345 e. The van der Waals surface area contributed by atoms with Crippen molar-refractivity contribution < 1.29 is 4.79 Å². The average Bonchev–Trinajstić information content (AvgIpc) is 3.41. The number of aromatic amines is 1. The van der Waals surface area contributed by atoms with E-state index in [9.17, 15) is 4.79 Å². The average molecular weight is 409 g/mol. The number of thiazole rings is 1. The molecule has 0 radical (unpaired) electrons. The molecule has 5 nitrogen and oxygen atoms in total. The number of fused-ring (bicyclic) bond motifs is 1. The summed E-state index contributed by atoms with van der Waals surface area (Å²) < 4.78 is 0.